The molecule has 3 aromatic carbocycles. The number of hydrogen-bond donors (Lipinski definition) is 0. The third-order valence-corrected chi connectivity index (χ3v) is 4.57. The van der Waals surface area contributed by atoms with Gasteiger partial charge in [-0.15, -0.1) is 0 Å². The number of aromatic nitrogens is 1. The number of allylic oxidation sites excluding steroid dienone is 1. The van der Waals surface area contributed by atoms with Gasteiger partial charge in [-0.25, -0.2) is 0 Å². The number of hydrogen-bond acceptors (Lipinski definition) is 2. The SMILES string of the molecule is C=CC(=C)N(c1ccccc1)c1cccc(-c2cc3ccccc3cn2)c1. The molecule has 2 heteroatoms. The summed E-state index contributed by atoms with van der Waals surface area (Å²) < 4.78 is 0. The highest BCUT2D eigenvalue weighted by atomic mass is 15.1. The summed E-state index contributed by atoms with van der Waals surface area (Å²) >= 11 is 0. The van der Waals surface area contributed by atoms with Crippen LogP contribution in [0, 0.1) is 0 Å². The van der Waals surface area contributed by atoms with Crippen LogP contribution in [0.2, 0.25) is 0 Å². The summed E-state index contributed by atoms with van der Waals surface area (Å²) in [4.78, 5) is 6.75. The second-order valence-electron chi connectivity index (χ2n) is 6.33. The lowest BCUT2D eigenvalue weighted by Crippen LogP contribution is -2.14. The van der Waals surface area contributed by atoms with E-state index in [0.29, 0.717) is 0 Å². The summed E-state index contributed by atoms with van der Waals surface area (Å²) in [5.74, 6) is 0. The van der Waals surface area contributed by atoms with Crippen molar-refractivity contribution < 1.29 is 0 Å². The molecule has 0 amide bonds. The highest BCUT2D eigenvalue weighted by Gasteiger charge is 2.12. The summed E-state index contributed by atoms with van der Waals surface area (Å²) in [5, 5.41) is 2.33. The van der Waals surface area contributed by atoms with E-state index in [1.165, 1.54) is 5.39 Å². The first-order chi connectivity index (χ1) is 13.3. The molecule has 0 radical (unpaired) electrons. The van der Waals surface area contributed by atoms with Crippen molar-refractivity contribution in [3.05, 3.63) is 116 Å². The Labute approximate surface area is 159 Å². The van der Waals surface area contributed by atoms with Crippen LogP contribution in [0.1, 0.15) is 0 Å². The summed E-state index contributed by atoms with van der Waals surface area (Å²) in [6.07, 6.45) is 3.70. The fraction of sp³-hybridized carbons (Fsp3) is 0. The van der Waals surface area contributed by atoms with E-state index in [2.05, 4.69) is 71.6 Å². The van der Waals surface area contributed by atoms with E-state index in [1.54, 1.807) is 6.08 Å². The minimum absolute atomic E-state index is 0.824. The zero-order valence-corrected chi connectivity index (χ0v) is 15.0. The van der Waals surface area contributed by atoms with E-state index >= 15 is 0 Å². The van der Waals surface area contributed by atoms with Gasteiger partial charge in [0.15, 0.2) is 0 Å². The molecule has 4 aromatic rings. The molecular formula is C25H20N2. The Morgan fingerprint density at radius 1 is 0.778 bits per heavy atom. The maximum Gasteiger partial charge on any atom is 0.0709 e. The number of anilines is 2. The fourth-order valence-corrected chi connectivity index (χ4v) is 3.19. The number of nitrogens with zero attached hydrogens (tertiary/aromatic N) is 2. The monoisotopic (exact) mass is 348 g/mol. The summed E-state index contributed by atoms with van der Waals surface area (Å²) in [7, 11) is 0. The van der Waals surface area contributed by atoms with Gasteiger partial charge >= 0.3 is 0 Å². The van der Waals surface area contributed by atoms with E-state index in [0.717, 1.165) is 33.7 Å². The average Bonchev–Trinajstić information content (AvgIpc) is 2.74. The van der Waals surface area contributed by atoms with Gasteiger partial charge in [-0.2, -0.15) is 0 Å². The van der Waals surface area contributed by atoms with Crippen LogP contribution in [0.3, 0.4) is 0 Å². The van der Waals surface area contributed by atoms with Crippen molar-refractivity contribution in [3.8, 4) is 11.3 Å². The van der Waals surface area contributed by atoms with Crippen molar-refractivity contribution in [3.63, 3.8) is 0 Å². The minimum Gasteiger partial charge on any atom is -0.311 e. The third-order valence-electron chi connectivity index (χ3n) is 4.57. The van der Waals surface area contributed by atoms with Crippen LogP contribution >= 0.6 is 0 Å². The summed E-state index contributed by atoms with van der Waals surface area (Å²) in [6.45, 7) is 8.06. The molecule has 4 rings (SSSR count). The Morgan fingerprint density at radius 3 is 2.26 bits per heavy atom. The average molecular weight is 348 g/mol. The molecule has 0 spiro atoms. The zero-order chi connectivity index (χ0) is 18.6. The Bertz CT molecular complexity index is 1110. The van der Waals surface area contributed by atoms with Crippen LogP contribution < -0.4 is 4.90 Å². The lowest BCUT2D eigenvalue weighted by atomic mass is 10.1. The highest BCUT2D eigenvalue weighted by Crippen LogP contribution is 2.32. The van der Waals surface area contributed by atoms with Crippen molar-refractivity contribution in [1.82, 2.24) is 4.98 Å². The molecule has 0 aliphatic rings. The summed E-state index contributed by atoms with van der Waals surface area (Å²) in [5.41, 5.74) is 4.92. The van der Waals surface area contributed by atoms with Crippen molar-refractivity contribution >= 4 is 22.1 Å². The minimum atomic E-state index is 0.824. The van der Waals surface area contributed by atoms with E-state index in [9.17, 15) is 0 Å². The van der Waals surface area contributed by atoms with Crippen LogP contribution in [0.25, 0.3) is 22.0 Å². The van der Waals surface area contributed by atoms with Crippen LogP contribution in [-0.2, 0) is 0 Å². The van der Waals surface area contributed by atoms with E-state index in [4.69, 9.17) is 0 Å². The predicted molar refractivity (Wildman–Crippen MR) is 115 cm³/mol. The van der Waals surface area contributed by atoms with Crippen LogP contribution in [0.15, 0.2) is 116 Å². The van der Waals surface area contributed by atoms with E-state index in [-0.39, 0.29) is 0 Å². The molecular weight excluding hydrogens is 328 g/mol. The molecule has 0 saturated carbocycles. The standard InChI is InChI=1S/C25H20N2/c1-3-19(2)27(23-13-5-4-6-14-23)24-15-9-12-21(16-24)25-17-20-10-7-8-11-22(20)18-26-25/h3-18H,1-2H2. The fourth-order valence-electron chi connectivity index (χ4n) is 3.19. The van der Waals surface area contributed by atoms with E-state index in [1.807, 2.05) is 42.6 Å². The number of pyridine rings is 1. The third kappa shape index (κ3) is 3.38. The Hall–Kier alpha value is -3.65. The van der Waals surface area contributed by atoms with Gasteiger partial charge in [-0.3, -0.25) is 4.98 Å². The molecule has 0 atom stereocenters. The normalized spacial score (nSPS) is 10.5. The van der Waals surface area contributed by atoms with Gasteiger partial charge in [0.05, 0.1) is 5.69 Å². The molecule has 0 aliphatic heterocycles. The largest absolute Gasteiger partial charge is 0.311 e. The Morgan fingerprint density at radius 2 is 1.48 bits per heavy atom. The van der Waals surface area contributed by atoms with Crippen molar-refractivity contribution in [2.24, 2.45) is 0 Å². The van der Waals surface area contributed by atoms with E-state index < -0.39 is 0 Å². The quantitative estimate of drug-likeness (QED) is 0.371. The number of fused-ring (bicyclic) bond motifs is 1. The molecule has 0 N–H and O–H groups in total. The highest BCUT2D eigenvalue weighted by molar-refractivity contribution is 5.85. The zero-order valence-electron chi connectivity index (χ0n) is 15.0. The van der Waals surface area contributed by atoms with Gasteiger partial charge in [0.1, 0.15) is 0 Å². The molecule has 1 aromatic heterocycles. The van der Waals surface area contributed by atoms with Gasteiger partial charge in [-0.05, 0) is 41.8 Å². The smallest absolute Gasteiger partial charge is 0.0709 e. The molecule has 0 saturated heterocycles. The first kappa shape index (κ1) is 16.8. The maximum absolute atomic E-state index is 4.65. The number of rotatable bonds is 5. The van der Waals surface area contributed by atoms with Gasteiger partial charge < -0.3 is 4.90 Å². The maximum atomic E-state index is 4.65. The molecule has 0 unspecified atom stereocenters. The van der Waals surface area contributed by atoms with Crippen LogP contribution in [0.5, 0.6) is 0 Å². The molecule has 1 heterocycles. The van der Waals surface area contributed by atoms with Gasteiger partial charge in [0, 0.05) is 34.2 Å². The second-order valence-corrected chi connectivity index (χ2v) is 6.33. The molecule has 0 fully saturated rings. The number of para-hydroxylation sites is 1. The Balaban J connectivity index is 1.80. The molecule has 130 valence electrons. The van der Waals surface area contributed by atoms with Crippen molar-refractivity contribution in [1.29, 1.82) is 0 Å². The molecule has 27 heavy (non-hydrogen) atoms. The molecule has 0 aliphatic carbocycles. The second kappa shape index (κ2) is 7.30. The predicted octanol–water partition coefficient (Wildman–Crippen LogP) is 6.74. The number of benzene rings is 3. The van der Waals surface area contributed by atoms with Gasteiger partial charge in [-0.1, -0.05) is 67.8 Å². The van der Waals surface area contributed by atoms with Crippen LogP contribution in [0.4, 0.5) is 11.4 Å². The van der Waals surface area contributed by atoms with Gasteiger partial charge in [0.25, 0.3) is 0 Å². The first-order valence-electron chi connectivity index (χ1n) is 8.88. The summed E-state index contributed by atoms with van der Waals surface area (Å²) in [6, 6.07) is 28.9. The lowest BCUT2D eigenvalue weighted by molar-refractivity contribution is 1.22. The van der Waals surface area contributed by atoms with Crippen molar-refractivity contribution in [2.45, 2.75) is 0 Å². The Kier molecular flexibility index (Phi) is 4.54. The van der Waals surface area contributed by atoms with Crippen molar-refractivity contribution in [2.75, 3.05) is 4.90 Å². The van der Waals surface area contributed by atoms with Crippen LogP contribution in [-0.4, -0.2) is 4.98 Å². The molecule has 0 bridgehead atoms. The lowest BCUT2D eigenvalue weighted by Gasteiger charge is -2.25. The topological polar surface area (TPSA) is 16.1 Å². The molecule has 2 nitrogen and oxygen atoms in total. The first-order valence-corrected chi connectivity index (χ1v) is 8.88. The van der Waals surface area contributed by atoms with Gasteiger partial charge in [0.2, 0.25) is 0 Å².